The Morgan fingerprint density at radius 3 is 2.69 bits per heavy atom. The van der Waals surface area contributed by atoms with Gasteiger partial charge in [0.25, 0.3) is 0 Å². The van der Waals surface area contributed by atoms with E-state index >= 15 is 0 Å². The summed E-state index contributed by atoms with van der Waals surface area (Å²) in [6.07, 6.45) is 0. The molecule has 1 aliphatic rings. The molecule has 1 saturated heterocycles. The molecule has 1 aromatic rings. The Morgan fingerprint density at radius 2 is 2.06 bits per heavy atom. The van der Waals surface area contributed by atoms with Crippen LogP contribution >= 0.6 is 23.2 Å². The quantitative estimate of drug-likeness (QED) is 0.826. The number of nitrogens with zero attached hydrogens (tertiary/aromatic N) is 1. The first-order chi connectivity index (χ1) is 7.58. The van der Waals surface area contributed by atoms with Gasteiger partial charge in [-0.2, -0.15) is 0 Å². The SMILES string of the molecule is O=C1CN(Cc2cccc(Cl)c2Cl)C(=O)N1. The Hall–Kier alpha value is -1.26. The smallest absolute Gasteiger partial charge is 0.311 e. The average Bonchev–Trinajstić information content (AvgIpc) is 2.53. The normalized spacial score (nSPS) is 15.5. The highest BCUT2D eigenvalue weighted by molar-refractivity contribution is 6.42. The van der Waals surface area contributed by atoms with Crippen molar-refractivity contribution in [2.24, 2.45) is 0 Å². The van der Waals surface area contributed by atoms with Gasteiger partial charge in [0.1, 0.15) is 6.54 Å². The molecule has 0 aliphatic carbocycles. The zero-order chi connectivity index (χ0) is 11.7. The van der Waals surface area contributed by atoms with Crippen LogP contribution in [-0.4, -0.2) is 23.4 Å². The zero-order valence-electron chi connectivity index (χ0n) is 8.17. The number of carbonyl (C=O) groups is 2. The fourth-order valence-corrected chi connectivity index (χ4v) is 1.87. The van der Waals surface area contributed by atoms with E-state index in [4.69, 9.17) is 23.2 Å². The molecule has 0 bridgehead atoms. The van der Waals surface area contributed by atoms with Crippen molar-refractivity contribution in [3.8, 4) is 0 Å². The summed E-state index contributed by atoms with van der Waals surface area (Å²) in [7, 11) is 0. The molecule has 0 atom stereocenters. The summed E-state index contributed by atoms with van der Waals surface area (Å²) in [5, 5.41) is 3.04. The average molecular weight is 259 g/mol. The molecule has 84 valence electrons. The van der Waals surface area contributed by atoms with E-state index in [2.05, 4.69) is 5.32 Å². The van der Waals surface area contributed by atoms with Gasteiger partial charge in [0, 0.05) is 6.54 Å². The van der Waals surface area contributed by atoms with Crippen LogP contribution in [0.5, 0.6) is 0 Å². The maximum Gasteiger partial charge on any atom is 0.324 e. The Morgan fingerprint density at radius 1 is 1.31 bits per heavy atom. The van der Waals surface area contributed by atoms with E-state index in [-0.39, 0.29) is 19.0 Å². The molecule has 0 spiro atoms. The number of amides is 3. The van der Waals surface area contributed by atoms with Crippen LogP contribution < -0.4 is 5.32 Å². The van der Waals surface area contributed by atoms with Crippen molar-refractivity contribution in [2.45, 2.75) is 6.54 Å². The molecule has 6 heteroatoms. The molecular weight excluding hydrogens is 251 g/mol. The van der Waals surface area contributed by atoms with E-state index in [1.807, 2.05) is 0 Å². The number of halogens is 2. The van der Waals surface area contributed by atoms with Crippen molar-refractivity contribution < 1.29 is 9.59 Å². The minimum Gasteiger partial charge on any atom is -0.311 e. The predicted molar refractivity (Wildman–Crippen MR) is 60.4 cm³/mol. The number of benzene rings is 1. The molecule has 1 heterocycles. The van der Waals surface area contributed by atoms with Gasteiger partial charge in [0.15, 0.2) is 0 Å². The summed E-state index contributed by atoms with van der Waals surface area (Å²) in [6.45, 7) is 0.332. The molecule has 3 amide bonds. The summed E-state index contributed by atoms with van der Waals surface area (Å²) in [5.74, 6) is -0.303. The lowest BCUT2D eigenvalue weighted by atomic mass is 10.2. The standard InChI is InChI=1S/C10H8Cl2N2O2/c11-7-3-1-2-6(9(7)12)4-14-5-8(15)13-10(14)16/h1-3H,4-5H2,(H,13,15,16). The lowest BCUT2D eigenvalue weighted by molar-refractivity contribution is -0.118. The molecule has 4 nitrogen and oxygen atoms in total. The Kier molecular flexibility index (Phi) is 3.03. The van der Waals surface area contributed by atoms with Crippen molar-refractivity contribution in [3.05, 3.63) is 33.8 Å². The van der Waals surface area contributed by atoms with Crippen LogP contribution in [0.4, 0.5) is 4.79 Å². The van der Waals surface area contributed by atoms with Gasteiger partial charge in [-0.3, -0.25) is 10.1 Å². The molecular formula is C10H8Cl2N2O2. The highest BCUT2D eigenvalue weighted by atomic mass is 35.5. The monoisotopic (exact) mass is 258 g/mol. The first kappa shape index (κ1) is 11.2. The van der Waals surface area contributed by atoms with E-state index in [0.29, 0.717) is 10.0 Å². The van der Waals surface area contributed by atoms with Crippen LogP contribution in [0, 0.1) is 0 Å². The minimum atomic E-state index is -0.402. The van der Waals surface area contributed by atoms with Crippen molar-refractivity contribution in [3.63, 3.8) is 0 Å². The number of imide groups is 1. The Labute approximate surface area is 102 Å². The maximum atomic E-state index is 11.3. The van der Waals surface area contributed by atoms with Crippen molar-refractivity contribution in [1.29, 1.82) is 0 Å². The third-order valence-electron chi connectivity index (χ3n) is 2.26. The van der Waals surface area contributed by atoms with Gasteiger partial charge in [0.2, 0.25) is 5.91 Å². The highest BCUT2D eigenvalue weighted by Crippen LogP contribution is 2.26. The molecule has 1 aliphatic heterocycles. The van der Waals surface area contributed by atoms with Crippen molar-refractivity contribution in [2.75, 3.05) is 6.54 Å². The maximum absolute atomic E-state index is 11.3. The van der Waals surface area contributed by atoms with E-state index in [9.17, 15) is 9.59 Å². The summed E-state index contributed by atoms with van der Waals surface area (Å²) >= 11 is 11.8. The molecule has 1 aromatic carbocycles. The number of hydrogen-bond acceptors (Lipinski definition) is 2. The first-order valence-electron chi connectivity index (χ1n) is 4.59. The van der Waals surface area contributed by atoms with Crippen LogP contribution in [0.2, 0.25) is 10.0 Å². The molecule has 1 fully saturated rings. The van der Waals surface area contributed by atoms with E-state index in [0.717, 1.165) is 5.56 Å². The molecule has 0 unspecified atom stereocenters. The van der Waals surface area contributed by atoms with Gasteiger partial charge in [-0.25, -0.2) is 4.79 Å². The van der Waals surface area contributed by atoms with Gasteiger partial charge in [-0.15, -0.1) is 0 Å². The number of nitrogens with one attached hydrogen (secondary N) is 1. The number of hydrogen-bond donors (Lipinski definition) is 1. The minimum absolute atomic E-state index is 0.0572. The second-order valence-corrected chi connectivity index (χ2v) is 4.21. The fourth-order valence-electron chi connectivity index (χ4n) is 1.49. The first-order valence-corrected chi connectivity index (χ1v) is 5.35. The van der Waals surface area contributed by atoms with Gasteiger partial charge in [-0.05, 0) is 11.6 Å². The van der Waals surface area contributed by atoms with Gasteiger partial charge >= 0.3 is 6.03 Å². The van der Waals surface area contributed by atoms with Crippen molar-refractivity contribution in [1.82, 2.24) is 10.2 Å². The summed E-state index contributed by atoms with van der Waals surface area (Å²) in [5.41, 5.74) is 0.721. The summed E-state index contributed by atoms with van der Waals surface area (Å²) < 4.78 is 0. The molecule has 0 saturated carbocycles. The van der Waals surface area contributed by atoms with Crippen LogP contribution in [0.25, 0.3) is 0 Å². The van der Waals surface area contributed by atoms with Crippen LogP contribution in [0.15, 0.2) is 18.2 Å². The van der Waals surface area contributed by atoms with E-state index < -0.39 is 6.03 Å². The second-order valence-electron chi connectivity index (χ2n) is 3.42. The zero-order valence-corrected chi connectivity index (χ0v) is 9.68. The molecule has 16 heavy (non-hydrogen) atoms. The topological polar surface area (TPSA) is 49.4 Å². The van der Waals surface area contributed by atoms with Gasteiger partial charge in [0.05, 0.1) is 10.0 Å². The van der Waals surface area contributed by atoms with Crippen LogP contribution in [0.3, 0.4) is 0 Å². The Bertz CT molecular complexity index is 462. The molecule has 2 rings (SSSR count). The lowest BCUT2D eigenvalue weighted by Gasteiger charge is -2.14. The largest absolute Gasteiger partial charge is 0.324 e. The van der Waals surface area contributed by atoms with E-state index in [1.54, 1.807) is 18.2 Å². The molecule has 1 N–H and O–H groups in total. The van der Waals surface area contributed by atoms with E-state index in [1.165, 1.54) is 4.90 Å². The lowest BCUT2D eigenvalue weighted by Crippen LogP contribution is -2.27. The van der Waals surface area contributed by atoms with Crippen LogP contribution in [-0.2, 0) is 11.3 Å². The summed E-state index contributed by atoms with van der Waals surface area (Å²) in [6, 6.07) is 4.78. The number of carbonyl (C=O) groups excluding carboxylic acids is 2. The van der Waals surface area contributed by atoms with Gasteiger partial charge in [-0.1, -0.05) is 35.3 Å². The number of rotatable bonds is 2. The third kappa shape index (κ3) is 2.13. The number of urea groups is 1. The second kappa shape index (κ2) is 4.31. The fraction of sp³-hybridized carbons (Fsp3) is 0.200. The van der Waals surface area contributed by atoms with Crippen LogP contribution in [0.1, 0.15) is 5.56 Å². The molecule has 0 aromatic heterocycles. The highest BCUT2D eigenvalue weighted by Gasteiger charge is 2.27. The molecule has 0 radical (unpaired) electrons. The Balaban J connectivity index is 2.18. The van der Waals surface area contributed by atoms with Gasteiger partial charge < -0.3 is 4.90 Å². The summed E-state index contributed by atoms with van der Waals surface area (Å²) in [4.78, 5) is 23.7. The predicted octanol–water partition coefficient (Wildman–Crippen LogP) is 2.05. The third-order valence-corrected chi connectivity index (χ3v) is 3.12. The van der Waals surface area contributed by atoms with Crippen molar-refractivity contribution >= 4 is 35.1 Å².